The van der Waals surface area contributed by atoms with Crippen molar-refractivity contribution in [2.24, 2.45) is 0 Å². The zero-order chi connectivity index (χ0) is 17.8. The summed E-state index contributed by atoms with van der Waals surface area (Å²) in [6.45, 7) is -0.670. The van der Waals surface area contributed by atoms with Crippen LogP contribution >= 0.6 is 11.6 Å². The number of ether oxygens (including phenoxy) is 1. The lowest BCUT2D eigenvalue weighted by Crippen LogP contribution is -2.21. The fraction of sp³-hybridized carbons (Fsp3) is 0.111. The van der Waals surface area contributed by atoms with Gasteiger partial charge < -0.3 is 20.3 Å². The number of hydrogen-bond acceptors (Lipinski definition) is 6. The van der Waals surface area contributed by atoms with Crippen molar-refractivity contribution in [3.8, 4) is 0 Å². The minimum atomic E-state index is -1.57. The van der Waals surface area contributed by atoms with E-state index in [1.807, 2.05) is 6.07 Å². The third kappa shape index (κ3) is 3.88. The van der Waals surface area contributed by atoms with Crippen LogP contribution in [-0.4, -0.2) is 34.1 Å². The number of aliphatic hydroxyl groups excluding tert-OH is 2. The Hall–Kier alpha value is -2.67. The number of carbonyl (C=O) groups excluding carboxylic acids is 1. The van der Waals surface area contributed by atoms with Crippen molar-refractivity contribution in [2.75, 3.05) is 11.9 Å². The summed E-state index contributed by atoms with van der Waals surface area (Å²) in [5.41, 5.74) is 2.19. The number of para-hydroxylation sites is 1. The number of fused-ring (bicyclic) bond motifs is 1. The molecule has 128 valence electrons. The maximum Gasteiger partial charge on any atom is 0.342 e. The number of nitrogens with zero attached hydrogens (tertiary/aromatic N) is 1. The highest BCUT2D eigenvalue weighted by Crippen LogP contribution is 2.28. The van der Waals surface area contributed by atoms with Crippen LogP contribution in [0.25, 0.3) is 10.9 Å². The van der Waals surface area contributed by atoms with Crippen LogP contribution in [0.4, 0.5) is 11.4 Å². The summed E-state index contributed by atoms with van der Waals surface area (Å²) in [7, 11) is 0. The molecular formula is C18H15ClN2O4. The Bertz CT molecular complexity index is 916. The van der Waals surface area contributed by atoms with Crippen molar-refractivity contribution >= 4 is 39.8 Å². The molecule has 3 rings (SSSR count). The summed E-state index contributed by atoms with van der Waals surface area (Å²) < 4.78 is 4.76. The standard InChI is InChI=1S/C18H15ClN2O4/c19-11-5-6-12-15(7-8-20-16(12)9-11)21-14-4-2-1-3-13(14)18(24)25-17(23)10-22/h1-9,17,22-23H,10H2,(H,20,21)/t17-/m0/s1. The fourth-order valence-electron chi connectivity index (χ4n) is 2.37. The third-order valence-corrected chi connectivity index (χ3v) is 3.76. The summed E-state index contributed by atoms with van der Waals surface area (Å²) in [4.78, 5) is 16.4. The Balaban J connectivity index is 1.95. The van der Waals surface area contributed by atoms with Gasteiger partial charge in [0.2, 0.25) is 6.29 Å². The number of benzene rings is 2. The fourth-order valence-corrected chi connectivity index (χ4v) is 2.54. The van der Waals surface area contributed by atoms with Crippen LogP contribution in [0.15, 0.2) is 54.7 Å². The van der Waals surface area contributed by atoms with Gasteiger partial charge in [-0.1, -0.05) is 23.7 Å². The molecule has 0 amide bonds. The molecule has 3 N–H and O–H groups in total. The van der Waals surface area contributed by atoms with Crippen LogP contribution in [0.3, 0.4) is 0 Å². The topological polar surface area (TPSA) is 91.7 Å². The number of aromatic nitrogens is 1. The van der Waals surface area contributed by atoms with Crippen LogP contribution < -0.4 is 5.32 Å². The predicted molar refractivity (Wildman–Crippen MR) is 95.0 cm³/mol. The SMILES string of the molecule is O=C(O[C@H](O)CO)c1ccccc1Nc1ccnc2cc(Cl)ccc12. The first-order valence-corrected chi connectivity index (χ1v) is 7.86. The van der Waals surface area contributed by atoms with Crippen molar-refractivity contribution in [3.05, 3.63) is 65.3 Å². The van der Waals surface area contributed by atoms with Gasteiger partial charge in [-0.25, -0.2) is 4.79 Å². The Labute approximate surface area is 148 Å². The number of aliphatic hydroxyl groups is 2. The van der Waals surface area contributed by atoms with Gasteiger partial charge in [0.05, 0.1) is 16.8 Å². The van der Waals surface area contributed by atoms with Crippen LogP contribution in [0.2, 0.25) is 5.02 Å². The normalized spacial score (nSPS) is 12.0. The van der Waals surface area contributed by atoms with Gasteiger partial charge in [0, 0.05) is 22.3 Å². The van der Waals surface area contributed by atoms with Crippen molar-refractivity contribution in [1.29, 1.82) is 0 Å². The second-order valence-electron chi connectivity index (χ2n) is 5.23. The van der Waals surface area contributed by atoms with Crippen LogP contribution in [0.1, 0.15) is 10.4 Å². The van der Waals surface area contributed by atoms with Crippen LogP contribution in [0, 0.1) is 0 Å². The number of rotatable bonds is 5. The van der Waals surface area contributed by atoms with Crippen molar-refractivity contribution in [2.45, 2.75) is 6.29 Å². The molecule has 0 radical (unpaired) electrons. The van der Waals surface area contributed by atoms with E-state index in [1.54, 1.807) is 48.7 Å². The molecule has 0 bridgehead atoms. The van der Waals surface area contributed by atoms with Gasteiger partial charge in [-0.05, 0) is 36.4 Å². The molecule has 25 heavy (non-hydrogen) atoms. The van der Waals surface area contributed by atoms with Gasteiger partial charge in [0.25, 0.3) is 0 Å². The smallest absolute Gasteiger partial charge is 0.342 e. The summed E-state index contributed by atoms with van der Waals surface area (Å²) in [5, 5.41) is 22.7. The molecule has 0 unspecified atom stereocenters. The summed E-state index contributed by atoms with van der Waals surface area (Å²) in [5.74, 6) is -0.744. The van der Waals surface area contributed by atoms with Gasteiger partial charge in [-0.15, -0.1) is 0 Å². The highest BCUT2D eigenvalue weighted by Gasteiger charge is 2.16. The number of carbonyl (C=O) groups is 1. The van der Waals surface area contributed by atoms with Gasteiger partial charge in [0.15, 0.2) is 0 Å². The number of esters is 1. The van der Waals surface area contributed by atoms with E-state index in [4.69, 9.17) is 21.4 Å². The lowest BCUT2D eigenvalue weighted by atomic mass is 10.1. The average Bonchev–Trinajstić information content (AvgIpc) is 2.62. The maximum atomic E-state index is 12.2. The molecule has 3 aromatic rings. The molecule has 0 fully saturated rings. The van der Waals surface area contributed by atoms with E-state index in [-0.39, 0.29) is 5.56 Å². The molecule has 6 nitrogen and oxygen atoms in total. The van der Waals surface area contributed by atoms with Crippen molar-refractivity contribution in [1.82, 2.24) is 4.98 Å². The first-order valence-electron chi connectivity index (χ1n) is 7.48. The molecule has 1 atom stereocenters. The number of pyridine rings is 1. The minimum Gasteiger partial charge on any atom is -0.430 e. The number of anilines is 2. The quantitative estimate of drug-likeness (QED) is 0.479. The Morgan fingerprint density at radius 2 is 2.00 bits per heavy atom. The molecule has 0 spiro atoms. The number of halogens is 1. The Morgan fingerprint density at radius 1 is 1.20 bits per heavy atom. The van der Waals surface area contributed by atoms with Crippen LogP contribution in [-0.2, 0) is 4.74 Å². The number of hydrogen-bond donors (Lipinski definition) is 3. The van der Waals surface area contributed by atoms with Gasteiger partial charge in [-0.2, -0.15) is 0 Å². The van der Waals surface area contributed by atoms with Gasteiger partial charge >= 0.3 is 5.97 Å². The summed E-state index contributed by atoms with van der Waals surface area (Å²) in [6, 6.07) is 13.8. The van der Waals surface area contributed by atoms with Crippen LogP contribution in [0.5, 0.6) is 0 Å². The Morgan fingerprint density at radius 3 is 2.80 bits per heavy atom. The van der Waals surface area contributed by atoms with Gasteiger partial charge in [0.1, 0.15) is 6.61 Å². The van der Waals surface area contributed by atoms with Gasteiger partial charge in [-0.3, -0.25) is 4.98 Å². The molecule has 0 aliphatic carbocycles. The first-order chi connectivity index (χ1) is 12.1. The zero-order valence-electron chi connectivity index (χ0n) is 13.0. The molecule has 1 heterocycles. The third-order valence-electron chi connectivity index (χ3n) is 3.52. The molecule has 2 aromatic carbocycles. The minimum absolute atomic E-state index is 0.230. The summed E-state index contributed by atoms with van der Waals surface area (Å²) in [6.07, 6.45) is 0.0710. The highest BCUT2D eigenvalue weighted by molar-refractivity contribution is 6.31. The lowest BCUT2D eigenvalue weighted by molar-refractivity contribution is -0.0903. The first kappa shape index (κ1) is 17.2. The van der Waals surface area contributed by atoms with Crippen molar-refractivity contribution < 1.29 is 19.7 Å². The van der Waals surface area contributed by atoms with E-state index in [2.05, 4.69) is 10.3 Å². The second kappa shape index (κ2) is 7.48. The van der Waals surface area contributed by atoms with E-state index in [0.717, 1.165) is 11.1 Å². The van der Waals surface area contributed by atoms with E-state index in [0.29, 0.717) is 16.2 Å². The predicted octanol–water partition coefficient (Wildman–Crippen LogP) is 3.10. The van der Waals surface area contributed by atoms with E-state index < -0.39 is 18.9 Å². The van der Waals surface area contributed by atoms with E-state index >= 15 is 0 Å². The molecule has 1 aromatic heterocycles. The Kier molecular flexibility index (Phi) is 5.14. The van der Waals surface area contributed by atoms with Crippen molar-refractivity contribution in [3.63, 3.8) is 0 Å². The second-order valence-corrected chi connectivity index (χ2v) is 5.67. The molecule has 7 heteroatoms. The largest absolute Gasteiger partial charge is 0.430 e. The molecule has 0 aliphatic rings. The average molecular weight is 359 g/mol. The summed E-state index contributed by atoms with van der Waals surface area (Å²) >= 11 is 5.99. The highest BCUT2D eigenvalue weighted by atomic mass is 35.5. The van der Waals surface area contributed by atoms with E-state index in [1.165, 1.54) is 0 Å². The molecular weight excluding hydrogens is 344 g/mol. The molecule has 0 aliphatic heterocycles. The molecule has 0 saturated heterocycles. The lowest BCUT2D eigenvalue weighted by Gasteiger charge is -2.14. The maximum absolute atomic E-state index is 12.2. The monoisotopic (exact) mass is 358 g/mol. The zero-order valence-corrected chi connectivity index (χ0v) is 13.8. The number of nitrogens with one attached hydrogen (secondary N) is 1. The molecule has 0 saturated carbocycles. The van der Waals surface area contributed by atoms with E-state index in [9.17, 15) is 9.90 Å².